The highest BCUT2D eigenvalue weighted by atomic mass is 35.5. The van der Waals surface area contributed by atoms with E-state index in [4.69, 9.17) is 11.6 Å². The van der Waals surface area contributed by atoms with Gasteiger partial charge in [-0.2, -0.15) is 0 Å². The van der Waals surface area contributed by atoms with Crippen LogP contribution in [0, 0.1) is 5.92 Å². The molecule has 4 N–H and O–H groups in total. The van der Waals surface area contributed by atoms with Crippen LogP contribution < -0.4 is 21.1 Å². The molecule has 29 heavy (non-hydrogen) atoms. The van der Waals surface area contributed by atoms with Gasteiger partial charge in [-0.15, -0.1) is 0 Å². The van der Waals surface area contributed by atoms with Gasteiger partial charge in [-0.1, -0.05) is 44.0 Å². The number of carboxylic acid groups (broad SMARTS) is 1. The molecule has 7 nitrogen and oxygen atoms in total. The molecule has 0 aliphatic carbocycles. The van der Waals surface area contributed by atoms with E-state index in [9.17, 15) is 19.5 Å². The van der Waals surface area contributed by atoms with Crippen molar-refractivity contribution in [3.63, 3.8) is 0 Å². The van der Waals surface area contributed by atoms with Crippen LogP contribution in [0.25, 0.3) is 0 Å². The molecule has 160 valence electrons. The highest BCUT2D eigenvalue weighted by Gasteiger charge is 2.28. The van der Waals surface area contributed by atoms with Crippen LogP contribution in [0.15, 0.2) is 24.3 Å². The minimum absolute atomic E-state index is 0.0333. The lowest BCUT2D eigenvalue weighted by Gasteiger charge is -2.26. The highest BCUT2D eigenvalue weighted by molar-refractivity contribution is 6.30. The van der Waals surface area contributed by atoms with Gasteiger partial charge >= 0.3 is 0 Å². The maximum absolute atomic E-state index is 12.6. The van der Waals surface area contributed by atoms with Gasteiger partial charge in [0.2, 0.25) is 5.91 Å². The summed E-state index contributed by atoms with van der Waals surface area (Å²) < 4.78 is 0. The molecule has 1 heterocycles. The third-order valence-corrected chi connectivity index (χ3v) is 5.84. The first-order chi connectivity index (χ1) is 13.8. The first-order valence-corrected chi connectivity index (χ1v) is 10.6. The van der Waals surface area contributed by atoms with Gasteiger partial charge in [-0.25, -0.2) is 0 Å². The number of carboxylic acids is 1. The van der Waals surface area contributed by atoms with Crippen molar-refractivity contribution in [1.29, 1.82) is 0 Å². The van der Waals surface area contributed by atoms with E-state index >= 15 is 0 Å². The first-order valence-electron chi connectivity index (χ1n) is 10.2. The van der Waals surface area contributed by atoms with Crippen molar-refractivity contribution in [3.8, 4) is 0 Å². The summed E-state index contributed by atoms with van der Waals surface area (Å²) in [6.07, 6.45) is 2.52. The van der Waals surface area contributed by atoms with Crippen molar-refractivity contribution in [3.05, 3.63) is 34.9 Å². The molecule has 2 amide bonds. The Morgan fingerprint density at radius 1 is 1.28 bits per heavy atom. The van der Waals surface area contributed by atoms with Gasteiger partial charge in [0.15, 0.2) is 6.04 Å². The maximum atomic E-state index is 12.6. The summed E-state index contributed by atoms with van der Waals surface area (Å²) in [5, 5.41) is 19.5. The Bertz CT molecular complexity index is 704. The van der Waals surface area contributed by atoms with Crippen LogP contribution in [-0.4, -0.2) is 43.0 Å². The Hall–Kier alpha value is -2.12. The van der Waals surface area contributed by atoms with E-state index in [1.807, 2.05) is 24.4 Å². The van der Waals surface area contributed by atoms with Crippen LogP contribution >= 0.6 is 11.6 Å². The Morgan fingerprint density at radius 2 is 1.97 bits per heavy atom. The van der Waals surface area contributed by atoms with Gasteiger partial charge in [0.05, 0.1) is 18.6 Å². The van der Waals surface area contributed by atoms with Crippen molar-refractivity contribution in [2.24, 2.45) is 5.92 Å². The number of hydrogen-bond donors (Lipinski definition) is 3. The summed E-state index contributed by atoms with van der Waals surface area (Å²) in [6.45, 7) is 4.85. The molecule has 1 aromatic carbocycles. The average molecular weight is 424 g/mol. The number of carbonyl (C=O) groups excluding carboxylic acids is 3. The normalized spacial score (nSPS) is 19.2. The van der Waals surface area contributed by atoms with Crippen LogP contribution in [-0.2, 0) is 14.4 Å². The fourth-order valence-corrected chi connectivity index (χ4v) is 3.66. The summed E-state index contributed by atoms with van der Waals surface area (Å²) in [5.41, 5.74) is 0.855. The number of rotatable bonds is 10. The smallest absolute Gasteiger partial charge is 0.278 e. The SMILES string of the molecule is CC[C@@H](C)[C@H](NC(=O)C[C@H](CNC(=O)[C@@H]1CCC[NH2+]1)c1ccc(Cl)cc1)C(=O)[O-]. The van der Waals surface area contributed by atoms with Crippen LogP contribution in [0.1, 0.15) is 51.0 Å². The Morgan fingerprint density at radius 3 is 2.52 bits per heavy atom. The van der Waals surface area contributed by atoms with Gasteiger partial charge in [-0.05, 0) is 23.6 Å². The lowest BCUT2D eigenvalue weighted by atomic mass is 9.94. The van der Waals surface area contributed by atoms with Crippen molar-refractivity contribution in [2.75, 3.05) is 13.1 Å². The molecular formula is C21H30ClN3O4. The minimum atomic E-state index is -1.29. The number of carbonyl (C=O) groups is 3. The van der Waals surface area contributed by atoms with E-state index < -0.39 is 12.0 Å². The van der Waals surface area contributed by atoms with Crippen molar-refractivity contribution in [2.45, 2.75) is 57.5 Å². The molecular weight excluding hydrogens is 394 g/mol. The fraction of sp³-hybridized carbons (Fsp3) is 0.571. The zero-order chi connectivity index (χ0) is 21.4. The summed E-state index contributed by atoms with van der Waals surface area (Å²) >= 11 is 5.96. The molecule has 1 aliphatic rings. The molecule has 1 aromatic rings. The molecule has 0 spiro atoms. The number of hydrogen-bond acceptors (Lipinski definition) is 4. The topological polar surface area (TPSA) is 115 Å². The number of nitrogens with one attached hydrogen (secondary N) is 2. The molecule has 2 rings (SSSR count). The quantitative estimate of drug-likeness (QED) is 0.488. The van der Waals surface area contributed by atoms with Crippen LogP contribution in [0.4, 0.5) is 0 Å². The number of amides is 2. The van der Waals surface area contributed by atoms with Gasteiger partial charge in [-0.3, -0.25) is 9.59 Å². The predicted molar refractivity (Wildman–Crippen MR) is 108 cm³/mol. The zero-order valence-corrected chi connectivity index (χ0v) is 17.7. The Balaban J connectivity index is 2.05. The summed E-state index contributed by atoms with van der Waals surface area (Å²) in [5.74, 6) is -2.25. The van der Waals surface area contributed by atoms with E-state index in [1.54, 1.807) is 19.1 Å². The number of quaternary nitrogens is 1. The standard InChI is InChI=1S/C21H30ClN3O4/c1-3-13(2)19(21(28)29)25-18(26)11-15(14-6-8-16(22)9-7-14)12-24-20(27)17-5-4-10-23-17/h6-9,13,15,17,19,23H,3-5,10-12H2,1-2H3,(H,24,27)(H,25,26)(H,28,29)/t13-,15-,17+,19+/m1/s1. The number of nitrogens with two attached hydrogens (primary N) is 1. The second kappa shape index (κ2) is 11.2. The molecule has 0 aromatic heterocycles. The van der Waals surface area contributed by atoms with Crippen LogP contribution in [0.2, 0.25) is 5.02 Å². The molecule has 0 bridgehead atoms. The predicted octanol–water partition coefficient (Wildman–Crippen LogP) is -0.0635. The molecule has 0 unspecified atom stereocenters. The number of benzene rings is 1. The van der Waals surface area contributed by atoms with Crippen LogP contribution in [0.3, 0.4) is 0 Å². The van der Waals surface area contributed by atoms with Gasteiger partial charge in [0, 0.05) is 36.7 Å². The molecule has 8 heteroatoms. The van der Waals surface area contributed by atoms with E-state index in [0.29, 0.717) is 11.4 Å². The lowest BCUT2D eigenvalue weighted by Crippen LogP contribution is -2.89. The third-order valence-electron chi connectivity index (χ3n) is 5.59. The molecule has 0 radical (unpaired) electrons. The lowest BCUT2D eigenvalue weighted by molar-refractivity contribution is -0.657. The number of halogens is 1. The van der Waals surface area contributed by atoms with Crippen molar-refractivity contribution < 1.29 is 24.8 Å². The molecule has 1 fully saturated rings. The third kappa shape index (κ3) is 7.01. The van der Waals surface area contributed by atoms with E-state index in [-0.39, 0.29) is 42.7 Å². The summed E-state index contributed by atoms with van der Waals surface area (Å²) in [7, 11) is 0. The Labute approximate surface area is 176 Å². The molecule has 1 saturated heterocycles. The summed E-state index contributed by atoms with van der Waals surface area (Å²) in [4.78, 5) is 36.3. The van der Waals surface area contributed by atoms with Crippen molar-refractivity contribution in [1.82, 2.24) is 10.6 Å². The Kier molecular flexibility index (Phi) is 8.92. The van der Waals surface area contributed by atoms with E-state index in [1.165, 1.54) is 0 Å². The van der Waals surface area contributed by atoms with E-state index in [2.05, 4.69) is 10.6 Å². The summed E-state index contributed by atoms with van der Waals surface area (Å²) in [6, 6.07) is 5.98. The largest absolute Gasteiger partial charge is 0.548 e. The van der Waals surface area contributed by atoms with Gasteiger partial charge in [0.25, 0.3) is 5.91 Å². The minimum Gasteiger partial charge on any atom is -0.548 e. The van der Waals surface area contributed by atoms with Gasteiger partial charge in [0.1, 0.15) is 0 Å². The second-order valence-corrected chi connectivity index (χ2v) is 8.16. The maximum Gasteiger partial charge on any atom is 0.278 e. The van der Waals surface area contributed by atoms with Crippen LogP contribution in [0.5, 0.6) is 0 Å². The molecule has 0 saturated carbocycles. The van der Waals surface area contributed by atoms with Gasteiger partial charge < -0.3 is 25.9 Å². The average Bonchev–Trinajstić information content (AvgIpc) is 3.24. The second-order valence-electron chi connectivity index (χ2n) is 7.72. The molecule has 4 atom stereocenters. The highest BCUT2D eigenvalue weighted by Crippen LogP contribution is 2.22. The first kappa shape index (κ1) is 23.2. The van der Waals surface area contributed by atoms with E-state index in [0.717, 1.165) is 24.9 Å². The van der Waals surface area contributed by atoms with Crippen molar-refractivity contribution >= 4 is 29.4 Å². The monoisotopic (exact) mass is 423 g/mol. The number of aliphatic carboxylic acids is 1. The molecule has 1 aliphatic heterocycles. The zero-order valence-electron chi connectivity index (χ0n) is 16.9. The fourth-order valence-electron chi connectivity index (χ4n) is 3.54.